The van der Waals surface area contributed by atoms with E-state index in [0.29, 0.717) is 23.0 Å². The van der Waals surface area contributed by atoms with Gasteiger partial charge in [-0.25, -0.2) is 0 Å². The zero-order chi connectivity index (χ0) is 17.3. The van der Waals surface area contributed by atoms with Crippen molar-refractivity contribution < 1.29 is 9.45 Å². The van der Waals surface area contributed by atoms with Gasteiger partial charge in [-0.15, -0.1) is 0 Å². The van der Waals surface area contributed by atoms with Crippen molar-refractivity contribution in [3.8, 4) is 11.5 Å². The number of anilines is 1. The van der Waals surface area contributed by atoms with Gasteiger partial charge in [0.2, 0.25) is 0 Å². The molecule has 8 heteroatoms. The van der Waals surface area contributed by atoms with E-state index in [1.54, 1.807) is 12.1 Å². The Hall–Kier alpha value is -2.48. The van der Waals surface area contributed by atoms with Crippen molar-refractivity contribution in [1.29, 1.82) is 0 Å². The van der Waals surface area contributed by atoms with E-state index in [9.17, 15) is 10.1 Å². The first-order valence-electron chi connectivity index (χ1n) is 8.01. The molecule has 128 valence electrons. The molecule has 0 N–H and O–H groups in total. The maximum Gasteiger partial charge on any atom is 0.293 e. The number of likely N-dealkylation sites (N-methyl/N-ethyl adjacent to an activating group) is 1. The summed E-state index contributed by atoms with van der Waals surface area (Å²) in [6.45, 7) is 7.26. The molecule has 1 aliphatic rings. The van der Waals surface area contributed by atoms with Crippen LogP contribution in [0, 0.1) is 10.1 Å². The third-order valence-electron chi connectivity index (χ3n) is 4.22. The predicted octanol–water partition coefficient (Wildman–Crippen LogP) is 2.52. The summed E-state index contributed by atoms with van der Waals surface area (Å²) >= 11 is 0. The number of hydrogen-bond acceptors (Lipinski definition) is 7. The van der Waals surface area contributed by atoms with Crippen molar-refractivity contribution in [2.75, 3.05) is 38.1 Å². The summed E-state index contributed by atoms with van der Waals surface area (Å²) in [5.74, 6) is 1.05. The number of hydrogen-bond donors (Lipinski definition) is 0. The lowest BCUT2D eigenvalue weighted by atomic mass is 10.1. The van der Waals surface area contributed by atoms with Crippen LogP contribution in [0.3, 0.4) is 0 Å². The fourth-order valence-electron chi connectivity index (χ4n) is 2.70. The molecule has 24 heavy (non-hydrogen) atoms. The molecule has 0 bridgehead atoms. The lowest BCUT2D eigenvalue weighted by Gasteiger charge is -2.33. The lowest BCUT2D eigenvalue weighted by molar-refractivity contribution is -0.384. The summed E-state index contributed by atoms with van der Waals surface area (Å²) in [6, 6.07) is 5.10. The average Bonchev–Trinajstić information content (AvgIpc) is 3.05. The minimum atomic E-state index is -0.350. The monoisotopic (exact) mass is 331 g/mol. The molecule has 0 atom stereocenters. The van der Waals surface area contributed by atoms with Crippen LogP contribution in [-0.4, -0.2) is 53.2 Å². The van der Waals surface area contributed by atoms with Crippen LogP contribution in [-0.2, 0) is 0 Å². The molecule has 3 rings (SSSR count). The van der Waals surface area contributed by atoms with E-state index in [-0.39, 0.29) is 16.5 Å². The highest BCUT2D eigenvalue weighted by Crippen LogP contribution is 2.33. The third kappa shape index (κ3) is 3.23. The molecule has 1 aromatic heterocycles. The lowest BCUT2D eigenvalue weighted by Crippen LogP contribution is -2.44. The molecule has 1 saturated heterocycles. The van der Waals surface area contributed by atoms with E-state index < -0.39 is 0 Å². The van der Waals surface area contributed by atoms with Gasteiger partial charge in [0.25, 0.3) is 11.6 Å². The fourth-order valence-corrected chi connectivity index (χ4v) is 2.70. The minimum absolute atomic E-state index is 0.0707. The Bertz CT molecular complexity index is 735. The first-order chi connectivity index (χ1) is 11.5. The highest BCUT2D eigenvalue weighted by atomic mass is 16.6. The van der Waals surface area contributed by atoms with E-state index in [0.717, 1.165) is 26.2 Å². The average molecular weight is 331 g/mol. The summed E-state index contributed by atoms with van der Waals surface area (Å²) in [6.07, 6.45) is 0. The molecule has 0 spiro atoms. The van der Waals surface area contributed by atoms with E-state index in [4.69, 9.17) is 4.52 Å². The number of benzene rings is 1. The first kappa shape index (κ1) is 16.4. The smallest absolute Gasteiger partial charge is 0.293 e. The van der Waals surface area contributed by atoms with Gasteiger partial charge in [-0.3, -0.25) is 10.1 Å². The van der Waals surface area contributed by atoms with Gasteiger partial charge in [0.1, 0.15) is 5.69 Å². The van der Waals surface area contributed by atoms with E-state index >= 15 is 0 Å². The maximum absolute atomic E-state index is 11.5. The van der Waals surface area contributed by atoms with Gasteiger partial charge in [0.15, 0.2) is 5.82 Å². The van der Waals surface area contributed by atoms with E-state index in [2.05, 4.69) is 27.0 Å². The SMILES string of the molecule is CC(C)c1noc(-c2ccc(N3CCN(C)CC3)c([N+](=O)[O-])c2)n1. The molecule has 0 amide bonds. The van der Waals surface area contributed by atoms with Crippen molar-refractivity contribution in [2.45, 2.75) is 19.8 Å². The van der Waals surface area contributed by atoms with Crippen molar-refractivity contribution in [3.05, 3.63) is 34.1 Å². The topological polar surface area (TPSA) is 88.5 Å². The van der Waals surface area contributed by atoms with Gasteiger partial charge < -0.3 is 14.3 Å². The van der Waals surface area contributed by atoms with Crippen molar-refractivity contribution in [1.82, 2.24) is 15.0 Å². The third-order valence-corrected chi connectivity index (χ3v) is 4.22. The van der Waals surface area contributed by atoms with Gasteiger partial charge >= 0.3 is 0 Å². The van der Waals surface area contributed by atoms with Crippen LogP contribution in [0.2, 0.25) is 0 Å². The summed E-state index contributed by atoms with van der Waals surface area (Å²) in [7, 11) is 2.05. The zero-order valence-electron chi connectivity index (χ0n) is 14.1. The molecule has 8 nitrogen and oxygen atoms in total. The zero-order valence-corrected chi connectivity index (χ0v) is 14.1. The van der Waals surface area contributed by atoms with Crippen LogP contribution in [0.25, 0.3) is 11.5 Å². The van der Waals surface area contributed by atoms with Crippen LogP contribution < -0.4 is 4.90 Å². The molecule has 0 saturated carbocycles. The summed E-state index contributed by atoms with van der Waals surface area (Å²) in [4.78, 5) is 19.8. The molecule has 1 aromatic carbocycles. The van der Waals surface area contributed by atoms with Crippen LogP contribution in [0.4, 0.5) is 11.4 Å². The minimum Gasteiger partial charge on any atom is -0.363 e. The van der Waals surface area contributed by atoms with Gasteiger partial charge in [-0.05, 0) is 19.2 Å². The van der Waals surface area contributed by atoms with Crippen molar-refractivity contribution in [3.63, 3.8) is 0 Å². The van der Waals surface area contributed by atoms with Gasteiger partial charge in [-0.2, -0.15) is 4.98 Å². The second kappa shape index (κ2) is 6.56. The quantitative estimate of drug-likeness (QED) is 0.628. The Morgan fingerprint density at radius 1 is 1.25 bits per heavy atom. The normalized spacial score (nSPS) is 15.9. The molecule has 0 unspecified atom stereocenters. The first-order valence-corrected chi connectivity index (χ1v) is 8.01. The number of nitrogens with zero attached hydrogens (tertiary/aromatic N) is 5. The van der Waals surface area contributed by atoms with Crippen LogP contribution in [0.5, 0.6) is 0 Å². The second-order valence-electron chi connectivity index (χ2n) is 6.36. The van der Waals surface area contributed by atoms with Crippen LogP contribution >= 0.6 is 0 Å². The number of rotatable bonds is 4. The summed E-state index contributed by atoms with van der Waals surface area (Å²) in [5.41, 5.74) is 1.28. The Labute approximate surface area is 140 Å². The van der Waals surface area contributed by atoms with E-state index in [1.807, 2.05) is 13.8 Å². The Kier molecular flexibility index (Phi) is 4.48. The highest BCUT2D eigenvalue weighted by molar-refractivity contribution is 5.71. The Morgan fingerprint density at radius 2 is 1.96 bits per heavy atom. The van der Waals surface area contributed by atoms with Gasteiger partial charge in [-0.1, -0.05) is 19.0 Å². The molecule has 1 aliphatic heterocycles. The van der Waals surface area contributed by atoms with Crippen LogP contribution in [0.1, 0.15) is 25.6 Å². The number of nitro benzene ring substituents is 1. The highest BCUT2D eigenvalue weighted by Gasteiger charge is 2.24. The molecule has 2 aromatic rings. The largest absolute Gasteiger partial charge is 0.363 e. The Balaban J connectivity index is 1.93. The van der Waals surface area contributed by atoms with E-state index in [1.165, 1.54) is 6.07 Å². The standard InChI is InChI=1S/C16H21N5O3/c1-11(2)15-17-16(24-18-15)12-4-5-13(14(10-12)21(22)23)20-8-6-19(3)7-9-20/h4-5,10-11H,6-9H2,1-3H3. The molecule has 0 aliphatic carbocycles. The number of aromatic nitrogens is 2. The van der Waals surface area contributed by atoms with Crippen LogP contribution in [0.15, 0.2) is 22.7 Å². The molecule has 0 radical (unpaired) electrons. The van der Waals surface area contributed by atoms with Gasteiger partial charge in [0.05, 0.1) is 4.92 Å². The second-order valence-corrected chi connectivity index (χ2v) is 6.36. The van der Waals surface area contributed by atoms with Crippen molar-refractivity contribution >= 4 is 11.4 Å². The summed E-state index contributed by atoms with van der Waals surface area (Å²) < 4.78 is 5.24. The summed E-state index contributed by atoms with van der Waals surface area (Å²) in [5, 5.41) is 15.4. The Morgan fingerprint density at radius 3 is 2.54 bits per heavy atom. The number of piperazine rings is 1. The maximum atomic E-state index is 11.5. The molecular formula is C16H21N5O3. The molecular weight excluding hydrogens is 310 g/mol. The fraction of sp³-hybridized carbons (Fsp3) is 0.500. The molecule has 2 heterocycles. The predicted molar refractivity (Wildman–Crippen MR) is 90.2 cm³/mol. The molecule has 1 fully saturated rings. The van der Waals surface area contributed by atoms with Crippen molar-refractivity contribution in [2.24, 2.45) is 0 Å². The number of nitro groups is 1. The van der Waals surface area contributed by atoms with Gasteiger partial charge in [0, 0.05) is 43.7 Å².